The normalized spacial score (nSPS) is 28.8. The van der Waals surface area contributed by atoms with Crippen LogP contribution in [0.3, 0.4) is 0 Å². The van der Waals surface area contributed by atoms with Gasteiger partial charge in [0, 0.05) is 24.3 Å². The fourth-order valence-electron chi connectivity index (χ4n) is 5.16. The predicted octanol–water partition coefficient (Wildman–Crippen LogP) is 3.86. The molecule has 0 bridgehead atoms. The highest BCUT2D eigenvalue weighted by Crippen LogP contribution is 2.42. The minimum absolute atomic E-state index is 0.0693. The van der Waals surface area contributed by atoms with Gasteiger partial charge in [-0.05, 0) is 44.7 Å². The first-order valence-electron chi connectivity index (χ1n) is 11.4. The molecular weight excluding hydrogens is 390 g/mol. The van der Waals surface area contributed by atoms with E-state index < -0.39 is 0 Å². The van der Waals surface area contributed by atoms with Gasteiger partial charge in [0.1, 0.15) is 30.1 Å². The first kappa shape index (κ1) is 19.1. The van der Waals surface area contributed by atoms with E-state index in [1.807, 2.05) is 6.07 Å². The lowest BCUT2D eigenvalue weighted by Crippen LogP contribution is -2.55. The van der Waals surface area contributed by atoms with Crippen LogP contribution in [0.1, 0.15) is 49.9 Å². The molecule has 0 amide bonds. The van der Waals surface area contributed by atoms with Crippen molar-refractivity contribution in [2.45, 2.75) is 56.9 Å². The molecular formula is C24H29N5O2. The number of para-hydroxylation sites is 1. The van der Waals surface area contributed by atoms with E-state index in [2.05, 4.69) is 63.3 Å². The average molecular weight is 420 g/mol. The van der Waals surface area contributed by atoms with Gasteiger partial charge in [0.25, 0.3) is 0 Å². The van der Waals surface area contributed by atoms with Crippen molar-refractivity contribution in [1.29, 1.82) is 0 Å². The number of hydrogen-bond donors (Lipinski definition) is 2. The second-order valence-electron chi connectivity index (χ2n) is 9.23. The third-order valence-electron chi connectivity index (χ3n) is 6.72. The maximum atomic E-state index is 6.20. The second-order valence-corrected chi connectivity index (χ2v) is 9.23. The summed E-state index contributed by atoms with van der Waals surface area (Å²) in [5.74, 6) is 2.48. The molecule has 0 radical (unpaired) electrons. The van der Waals surface area contributed by atoms with Gasteiger partial charge in [-0.15, -0.1) is 0 Å². The Bertz CT molecular complexity index is 1080. The highest BCUT2D eigenvalue weighted by molar-refractivity contribution is 5.88. The number of hydrogen-bond acceptors (Lipinski definition) is 6. The van der Waals surface area contributed by atoms with Crippen LogP contribution < -0.4 is 10.1 Å². The molecule has 7 nitrogen and oxygen atoms in total. The fourth-order valence-corrected chi connectivity index (χ4v) is 5.16. The van der Waals surface area contributed by atoms with Gasteiger partial charge in [-0.25, -0.2) is 9.97 Å². The maximum Gasteiger partial charge on any atom is 0.143 e. The third-order valence-corrected chi connectivity index (χ3v) is 6.72. The zero-order valence-corrected chi connectivity index (χ0v) is 18.0. The number of fused-ring (bicyclic) bond motifs is 2. The van der Waals surface area contributed by atoms with Crippen LogP contribution >= 0.6 is 0 Å². The average Bonchev–Trinajstić information content (AvgIpc) is 3.52. The number of morpholine rings is 1. The molecule has 1 aromatic carbocycles. The third kappa shape index (κ3) is 3.55. The number of ether oxygens (including phenoxy) is 2. The summed E-state index contributed by atoms with van der Waals surface area (Å²) in [4.78, 5) is 15.1. The summed E-state index contributed by atoms with van der Waals surface area (Å²) < 4.78 is 12.2. The first-order valence-corrected chi connectivity index (χ1v) is 11.4. The second kappa shape index (κ2) is 7.50. The molecule has 6 rings (SSSR count). The molecule has 1 saturated carbocycles. The molecule has 162 valence electrons. The Labute approximate surface area is 182 Å². The van der Waals surface area contributed by atoms with Crippen LogP contribution in [0, 0.1) is 0 Å². The Morgan fingerprint density at radius 2 is 1.90 bits per heavy atom. The van der Waals surface area contributed by atoms with Crippen LogP contribution in [0.5, 0.6) is 5.75 Å². The maximum absolute atomic E-state index is 6.20. The van der Waals surface area contributed by atoms with Crippen LogP contribution in [0.4, 0.5) is 5.82 Å². The first-order chi connectivity index (χ1) is 15.2. The number of aromatic amines is 1. The van der Waals surface area contributed by atoms with Gasteiger partial charge >= 0.3 is 0 Å². The van der Waals surface area contributed by atoms with Crippen LogP contribution in [-0.2, 0) is 4.74 Å². The highest BCUT2D eigenvalue weighted by atomic mass is 16.5. The van der Waals surface area contributed by atoms with Gasteiger partial charge in [0.15, 0.2) is 0 Å². The summed E-state index contributed by atoms with van der Waals surface area (Å²) in [6.07, 6.45) is 4.57. The molecule has 1 aliphatic carbocycles. The number of nitrogens with zero attached hydrogens (tertiary/aromatic N) is 3. The van der Waals surface area contributed by atoms with E-state index >= 15 is 0 Å². The molecule has 1 saturated heterocycles. The van der Waals surface area contributed by atoms with Crippen molar-refractivity contribution in [1.82, 2.24) is 19.9 Å². The predicted molar refractivity (Wildman–Crippen MR) is 120 cm³/mol. The van der Waals surface area contributed by atoms with Gasteiger partial charge in [-0.2, -0.15) is 0 Å². The lowest BCUT2D eigenvalue weighted by Gasteiger charge is -2.45. The van der Waals surface area contributed by atoms with Crippen LogP contribution in [0.25, 0.3) is 11.0 Å². The Hall–Kier alpha value is -2.64. The van der Waals surface area contributed by atoms with E-state index in [0.29, 0.717) is 12.5 Å². The number of nitrogens with one attached hydrogen (secondary N) is 2. The van der Waals surface area contributed by atoms with Gasteiger partial charge in [0.05, 0.1) is 29.7 Å². The van der Waals surface area contributed by atoms with Crippen molar-refractivity contribution in [3.63, 3.8) is 0 Å². The Balaban J connectivity index is 1.38. The smallest absolute Gasteiger partial charge is 0.143 e. The molecule has 0 spiro atoms. The van der Waals surface area contributed by atoms with Crippen molar-refractivity contribution >= 4 is 16.9 Å². The van der Waals surface area contributed by atoms with Crippen LogP contribution in [-0.4, -0.2) is 57.8 Å². The zero-order valence-electron chi connectivity index (χ0n) is 18.0. The van der Waals surface area contributed by atoms with Crippen molar-refractivity contribution < 1.29 is 9.47 Å². The summed E-state index contributed by atoms with van der Waals surface area (Å²) >= 11 is 0. The van der Waals surface area contributed by atoms with E-state index in [4.69, 9.17) is 9.47 Å². The Kier molecular flexibility index (Phi) is 4.61. The van der Waals surface area contributed by atoms with Gasteiger partial charge in [-0.3, -0.25) is 4.90 Å². The number of H-pyrrole nitrogens is 1. The topological polar surface area (TPSA) is 75.3 Å². The monoisotopic (exact) mass is 419 g/mol. The number of aromatic nitrogens is 3. The van der Waals surface area contributed by atoms with Crippen molar-refractivity contribution in [2.24, 2.45) is 0 Å². The summed E-state index contributed by atoms with van der Waals surface area (Å²) in [6.45, 7) is 6.73. The van der Waals surface area contributed by atoms with E-state index in [0.717, 1.165) is 35.7 Å². The molecule has 4 atom stereocenters. The molecule has 2 fully saturated rings. The molecule has 2 N–H and O–H groups in total. The van der Waals surface area contributed by atoms with Crippen molar-refractivity contribution in [2.75, 3.05) is 25.0 Å². The van der Waals surface area contributed by atoms with Gasteiger partial charge < -0.3 is 19.8 Å². The molecule has 3 aromatic rings. The SMILES string of the molecule is CC1CN(C2COc3ccccc3C2Nc2ncnc3[nH]c(C4CC4)cc23)CC(C)O1. The lowest BCUT2D eigenvalue weighted by atomic mass is 9.94. The van der Waals surface area contributed by atoms with E-state index in [1.54, 1.807) is 6.33 Å². The minimum atomic E-state index is 0.0693. The van der Waals surface area contributed by atoms with E-state index in [-0.39, 0.29) is 24.3 Å². The molecule has 7 heteroatoms. The van der Waals surface area contributed by atoms with Crippen molar-refractivity contribution in [3.8, 4) is 5.75 Å². The largest absolute Gasteiger partial charge is 0.491 e. The molecule has 2 aromatic heterocycles. The molecule has 4 unspecified atom stereocenters. The molecule has 3 aliphatic rings. The molecule has 2 aliphatic heterocycles. The zero-order chi connectivity index (χ0) is 20.9. The standard InChI is InChI=1S/C24H29N5O2/c1-14-10-29(11-15(2)31-14)20-12-30-21-6-4-3-5-17(21)22(20)28-24-18-9-19(16-7-8-16)27-23(18)25-13-26-24/h3-6,9,13-16,20,22H,7-8,10-12H2,1-2H3,(H2,25,26,27,28). The summed E-state index contributed by atoms with van der Waals surface area (Å²) in [5, 5.41) is 4.86. The summed E-state index contributed by atoms with van der Waals surface area (Å²) in [7, 11) is 0. The van der Waals surface area contributed by atoms with Gasteiger partial charge in [0.2, 0.25) is 0 Å². The lowest BCUT2D eigenvalue weighted by molar-refractivity contribution is -0.0886. The fraction of sp³-hybridized carbons (Fsp3) is 0.500. The van der Waals surface area contributed by atoms with Crippen molar-refractivity contribution in [3.05, 3.63) is 47.9 Å². The number of benzene rings is 1. The summed E-state index contributed by atoms with van der Waals surface area (Å²) in [5.41, 5.74) is 3.36. The van der Waals surface area contributed by atoms with E-state index in [1.165, 1.54) is 24.1 Å². The van der Waals surface area contributed by atoms with Crippen LogP contribution in [0.15, 0.2) is 36.7 Å². The molecule has 4 heterocycles. The summed E-state index contributed by atoms with van der Waals surface area (Å²) in [6, 6.07) is 10.8. The quantitative estimate of drug-likeness (QED) is 0.669. The van der Waals surface area contributed by atoms with E-state index in [9.17, 15) is 0 Å². The number of anilines is 1. The van der Waals surface area contributed by atoms with Gasteiger partial charge in [-0.1, -0.05) is 18.2 Å². The Morgan fingerprint density at radius 3 is 2.71 bits per heavy atom. The number of rotatable bonds is 4. The highest BCUT2D eigenvalue weighted by Gasteiger charge is 2.38. The minimum Gasteiger partial charge on any atom is -0.491 e. The Morgan fingerprint density at radius 1 is 1.10 bits per heavy atom. The van der Waals surface area contributed by atoms with Crippen LogP contribution in [0.2, 0.25) is 0 Å². The molecule has 31 heavy (non-hydrogen) atoms.